The van der Waals surface area contributed by atoms with Crippen molar-refractivity contribution in [2.75, 3.05) is 12.8 Å². The molecular weight excluding hydrogens is 166 g/mol. The highest BCUT2D eigenvalue weighted by molar-refractivity contribution is 7.99. The summed E-state index contributed by atoms with van der Waals surface area (Å²) in [5.74, 6) is 0.785. The molecule has 0 aromatic carbocycles. The largest absolute Gasteiger partial charge is 0.313 e. The van der Waals surface area contributed by atoms with Crippen molar-refractivity contribution >= 4 is 11.8 Å². The molecule has 2 atom stereocenters. The van der Waals surface area contributed by atoms with Gasteiger partial charge in [-0.15, -0.1) is 0 Å². The second-order valence-corrected chi connectivity index (χ2v) is 5.19. The van der Waals surface area contributed by atoms with Crippen LogP contribution in [0, 0.1) is 5.92 Å². The van der Waals surface area contributed by atoms with Crippen LogP contribution >= 0.6 is 11.8 Å². The molecule has 0 saturated heterocycles. The Morgan fingerprint density at radius 2 is 2.17 bits per heavy atom. The van der Waals surface area contributed by atoms with Crippen molar-refractivity contribution in [3.05, 3.63) is 0 Å². The number of nitrogens with one attached hydrogen (secondary N) is 1. The Hall–Kier alpha value is 0.310. The van der Waals surface area contributed by atoms with Gasteiger partial charge in [-0.25, -0.2) is 0 Å². The molecule has 0 amide bonds. The average Bonchev–Trinajstić information content (AvgIpc) is 2.47. The molecule has 0 aliphatic heterocycles. The zero-order valence-corrected chi connectivity index (χ0v) is 9.29. The smallest absolute Gasteiger partial charge is 0.0198 e. The molecule has 72 valence electrons. The zero-order valence-electron chi connectivity index (χ0n) is 8.47. The lowest BCUT2D eigenvalue weighted by molar-refractivity contribution is 0.474. The van der Waals surface area contributed by atoms with Crippen LogP contribution in [-0.4, -0.2) is 24.1 Å². The van der Waals surface area contributed by atoms with Crippen LogP contribution in [-0.2, 0) is 0 Å². The summed E-state index contributed by atoms with van der Waals surface area (Å²) in [6, 6.07) is 0.794. The van der Waals surface area contributed by atoms with Crippen LogP contribution < -0.4 is 5.32 Å². The molecule has 12 heavy (non-hydrogen) atoms. The Bertz CT molecular complexity index is 125. The van der Waals surface area contributed by atoms with E-state index in [1.54, 1.807) is 0 Å². The van der Waals surface area contributed by atoms with Gasteiger partial charge in [0.25, 0.3) is 0 Å². The molecule has 0 spiro atoms. The van der Waals surface area contributed by atoms with Gasteiger partial charge in [-0.1, -0.05) is 20.3 Å². The lowest BCUT2D eigenvalue weighted by Crippen LogP contribution is -2.36. The van der Waals surface area contributed by atoms with Gasteiger partial charge in [-0.05, 0) is 31.6 Å². The minimum absolute atomic E-state index is 0.785. The number of rotatable bonds is 4. The van der Waals surface area contributed by atoms with Crippen molar-refractivity contribution in [3.63, 3.8) is 0 Å². The van der Waals surface area contributed by atoms with Crippen LogP contribution in [0.1, 0.15) is 33.1 Å². The lowest BCUT2D eigenvalue weighted by atomic mass is 10.2. The first-order chi connectivity index (χ1) is 5.74. The third kappa shape index (κ3) is 2.98. The fraction of sp³-hybridized carbons (Fsp3) is 1.00. The van der Waals surface area contributed by atoms with Gasteiger partial charge in [-0.3, -0.25) is 0 Å². The molecule has 1 nitrogen and oxygen atoms in total. The van der Waals surface area contributed by atoms with Crippen LogP contribution in [0.5, 0.6) is 0 Å². The van der Waals surface area contributed by atoms with E-state index in [0.717, 1.165) is 17.2 Å². The van der Waals surface area contributed by atoms with Crippen LogP contribution in [0.4, 0.5) is 0 Å². The maximum absolute atomic E-state index is 3.66. The standard InChI is InChI=1S/C10H21NS/c1-8(2)7-11-9-5-4-6-10(9)12-3/h8-11H,4-7H2,1-3H3. The highest BCUT2D eigenvalue weighted by Crippen LogP contribution is 2.28. The van der Waals surface area contributed by atoms with Crippen molar-refractivity contribution in [2.45, 2.75) is 44.4 Å². The van der Waals surface area contributed by atoms with Gasteiger partial charge >= 0.3 is 0 Å². The monoisotopic (exact) mass is 187 g/mol. The molecule has 1 aliphatic rings. The fourth-order valence-corrected chi connectivity index (χ4v) is 2.79. The molecule has 1 rings (SSSR count). The molecule has 0 heterocycles. The van der Waals surface area contributed by atoms with Gasteiger partial charge in [-0.2, -0.15) is 11.8 Å². The summed E-state index contributed by atoms with van der Waals surface area (Å²) in [7, 11) is 0. The van der Waals surface area contributed by atoms with E-state index in [0.29, 0.717) is 0 Å². The SMILES string of the molecule is CSC1CCCC1NCC(C)C. The Balaban J connectivity index is 2.21. The third-order valence-electron chi connectivity index (χ3n) is 2.54. The van der Waals surface area contributed by atoms with Gasteiger partial charge in [0.05, 0.1) is 0 Å². The highest BCUT2D eigenvalue weighted by Gasteiger charge is 2.25. The molecule has 0 aromatic rings. The normalized spacial score (nSPS) is 30.0. The molecule has 2 unspecified atom stereocenters. The first-order valence-corrected chi connectivity index (χ1v) is 6.29. The minimum atomic E-state index is 0.785. The second-order valence-electron chi connectivity index (χ2n) is 4.11. The Labute approximate surface area is 80.7 Å². The van der Waals surface area contributed by atoms with Gasteiger partial charge in [0.1, 0.15) is 0 Å². The second kappa shape index (κ2) is 5.13. The maximum Gasteiger partial charge on any atom is 0.0198 e. The molecule has 1 saturated carbocycles. The summed E-state index contributed by atoms with van der Waals surface area (Å²) in [5.41, 5.74) is 0. The number of hydrogen-bond donors (Lipinski definition) is 1. The summed E-state index contributed by atoms with van der Waals surface area (Å²) in [5, 5.41) is 4.54. The van der Waals surface area contributed by atoms with Gasteiger partial charge in [0.2, 0.25) is 0 Å². The van der Waals surface area contributed by atoms with E-state index in [-0.39, 0.29) is 0 Å². The first kappa shape index (κ1) is 10.4. The van der Waals surface area contributed by atoms with Crippen molar-refractivity contribution in [3.8, 4) is 0 Å². The van der Waals surface area contributed by atoms with Crippen molar-refractivity contribution < 1.29 is 0 Å². The predicted molar refractivity (Wildman–Crippen MR) is 57.8 cm³/mol. The molecule has 1 aliphatic carbocycles. The maximum atomic E-state index is 3.66. The van der Waals surface area contributed by atoms with Crippen molar-refractivity contribution in [1.29, 1.82) is 0 Å². The zero-order chi connectivity index (χ0) is 8.97. The topological polar surface area (TPSA) is 12.0 Å². The highest BCUT2D eigenvalue weighted by atomic mass is 32.2. The van der Waals surface area contributed by atoms with Crippen molar-refractivity contribution in [1.82, 2.24) is 5.32 Å². The van der Waals surface area contributed by atoms with E-state index in [1.165, 1.54) is 25.8 Å². The first-order valence-electron chi connectivity index (χ1n) is 5.00. The van der Waals surface area contributed by atoms with E-state index in [1.807, 2.05) is 11.8 Å². The summed E-state index contributed by atoms with van der Waals surface area (Å²) in [6.07, 6.45) is 6.45. The minimum Gasteiger partial charge on any atom is -0.313 e. The molecule has 0 radical (unpaired) electrons. The van der Waals surface area contributed by atoms with E-state index in [4.69, 9.17) is 0 Å². The summed E-state index contributed by atoms with van der Waals surface area (Å²) in [4.78, 5) is 0. The van der Waals surface area contributed by atoms with Crippen LogP contribution in [0.2, 0.25) is 0 Å². The molecule has 0 aromatic heterocycles. The average molecular weight is 187 g/mol. The Morgan fingerprint density at radius 3 is 2.75 bits per heavy atom. The fourth-order valence-electron chi connectivity index (χ4n) is 1.83. The van der Waals surface area contributed by atoms with E-state index in [2.05, 4.69) is 25.4 Å². The third-order valence-corrected chi connectivity index (χ3v) is 3.71. The predicted octanol–water partition coefficient (Wildman–Crippen LogP) is 2.52. The van der Waals surface area contributed by atoms with Gasteiger partial charge < -0.3 is 5.32 Å². The lowest BCUT2D eigenvalue weighted by Gasteiger charge is -2.20. The van der Waals surface area contributed by atoms with Crippen molar-refractivity contribution in [2.24, 2.45) is 5.92 Å². The van der Waals surface area contributed by atoms with Gasteiger partial charge in [0, 0.05) is 11.3 Å². The molecule has 0 bridgehead atoms. The quantitative estimate of drug-likeness (QED) is 0.726. The molecule has 1 fully saturated rings. The molecule has 1 N–H and O–H groups in total. The number of hydrogen-bond acceptors (Lipinski definition) is 2. The van der Waals surface area contributed by atoms with Gasteiger partial charge in [0.15, 0.2) is 0 Å². The van der Waals surface area contributed by atoms with Crippen LogP contribution in [0.3, 0.4) is 0 Å². The summed E-state index contributed by atoms with van der Waals surface area (Å²) in [6.45, 7) is 5.73. The molecule has 2 heteroatoms. The van der Waals surface area contributed by atoms with Crippen LogP contribution in [0.15, 0.2) is 0 Å². The summed E-state index contributed by atoms with van der Waals surface area (Å²) >= 11 is 2.03. The summed E-state index contributed by atoms with van der Waals surface area (Å²) < 4.78 is 0. The Morgan fingerprint density at radius 1 is 1.42 bits per heavy atom. The van der Waals surface area contributed by atoms with E-state index < -0.39 is 0 Å². The van der Waals surface area contributed by atoms with E-state index >= 15 is 0 Å². The van der Waals surface area contributed by atoms with E-state index in [9.17, 15) is 0 Å². The molecular formula is C10H21NS. The van der Waals surface area contributed by atoms with Crippen LogP contribution in [0.25, 0.3) is 0 Å². The Kier molecular flexibility index (Phi) is 4.44. The number of thioether (sulfide) groups is 1.